The van der Waals surface area contributed by atoms with Gasteiger partial charge in [-0.25, -0.2) is 9.78 Å². The SMILES string of the molecule is O=C(OCc1ccccc1)c1cc(Cl)cc(Cl)c1-n1c(C(Br)c2ccco2)nc2ccccc2c1=O. The van der Waals surface area contributed by atoms with Crippen LogP contribution >= 0.6 is 39.1 Å². The number of rotatable bonds is 6. The van der Waals surface area contributed by atoms with Gasteiger partial charge in [0.1, 0.15) is 23.0 Å². The van der Waals surface area contributed by atoms with Crippen molar-refractivity contribution in [3.63, 3.8) is 0 Å². The molecule has 0 saturated carbocycles. The summed E-state index contributed by atoms with van der Waals surface area (Å²) in [6.45, 7) is 0.0361. The van der Waals surface area contributed by atoms with Crippen LogP contribution in [0.4, 0.5) is 0 Å². The second-order valence-corrected chi connectivity index (χ2v) is 9.61. The van der Waals surface area contributed by atoms with Gasteiger partial charge >= 0.3 is 5.97 Å². The van der Waals surface area contributed by atoms with Crippen LogP contribution in [0.3, 0.4) is 0 Å². The average molecular weight is 584 g/mol. The van der Waals surface area contributed by atoms with E-state index in [-0.39, 0.29) is 33.7 Å². The number of carbonyl (C=O) groups excluding carboxylic acids is 1. The van der Waals surface area contributed by atoms with Crippen LogP contribution in [0, 0.1) is 0 Å². The van der Waals surface area contributed by atoms with Gasteiger partial charge in [0.25, 0.3) is 5.56 Å². The van der Waals surface area contributed by atoms with E-state index in [4.69, 9.17) is 37.3 Å². The Morgan fingerprint density at radius 2 is 1.78 bits per heavy atom. The Balaban J connectivity index is 1.71. The highest BCUT2D eigenvalue weighted by Gasteiger charge is 2.27. The molecule has 0 radical (unpaired) electrons. The van der Waals surface area contributed by atoms with Crippen molar-refractivity contribution in [2.24, 2.45) is 0 Å². The number of halogens is 3. The standard InChI is InChI=1S/C27H17BrCl2N2O4/c28-23(22-11-6-12-35-22)25-31-21-10-5-4-9-18(21)26(33)32(25)24-19(13-17(29)14-20(24)30)27(34)36-15-16-7-2-1-3-8-16/h1-14,23H,15H2. The Labute approximate surface area is 224 Å². The van der Waals surface area contributed by atoms with Gasteiger partial charge in [0.05, 0.1) is 33.4 Å². The van der Waals surface area contributed by atoms with Crippen LogP contribution < -0.4 is 5.56 Å². The maximum absolute atomic E-state index is 13.8. The fourth-order valence-corrected chi connectivity index (χ4v) is 4.99. The summed E-state index contributed by atoms with van der Waals surface area (Å²) in [4.78, 5) is 31.3. The third kappa shape index (κ3) is 4.69. The number of benzene rings is 3. The fourth-order valence-electron chi connectivity index (χ4n) is 3.85. The lowest BCUT2D eigenvalue weighted by Gasteiger charge is -2.20. The van der Waals surface area contributed by atoms with Crippen molar-refractivity contribution in [2.75, 3.05) is 0 Å². The molecule has 9 heteroatoms. The summed E-state index contributed by atoms with van der Waals surface area (Å²) >= 11 is 16.5. The molecule has 180 valence electrons. The monoisotopic (exact) mass is 582 g/mol. The quantitative estimate of drug-likeness (QED) is 0.157. The molecule has 0 aliphatic rings. The summed E-state index contributed by atoms with van der Waals surface area (Å²) in [5, 5.41) is 0.670. The van der Waals surface area contributed by atoms with E-state index in [9.17, 15) is 9.59 Å². The van der Waals surface area contributed by atoms with Crippen molar-refractivity contribution < 1.29 is 13.9 Å². The zero-order valence-electron chi connectivity index (χ0n) is 18.5. The Hall–Kier alpha value is -3.39. The van der Waals surface area contributed by atoms with Gasteiger partial charge in [0, 0.05) is 5.02 Å². The Morgan fingerprint density at radius 1 is 1.03 bits per heavy atom. The first-order valence-electron chi connectivity index (χ1n) is 10.8. The number of esters is 1. The largest absolute Gasteiger partial charge is 0.468 e. The molecule has 6 nitrogen and oxygen atoms in total. The first kappa shape index (κ1) is 24.3. The normalized spacial score (nSPS) is 12.0. The highest BCUT2D eigenvalue weighted by atomic mass is 79.9. The van der Waals surface area contributed by atoms with Gasteiger partial charge in [-0.15, -0.1) is 0 Å². The number of alkyl halides is 1. The molecule has 3 aromatic carbocycles. The molecule has 2 aromatic heterocycles. The second kappa shape index (κ2) is 10.3. The van der Waals surface area contributed by atoms with Crippen LogP contribution in [-0.4, -0.2) is 15.5 Å². The first-order chi connectivity index (χ1) is 17.4. The summed E-state index contributed by atoms with van der Waals surface area (Å²) in [7, 11) is 0. The number of fused-ring (bicyclic) bond motifs is 1. The number of ether oxygens (including phenoxy) is 1. The summed E-state index contributed by atoms with van der Waals surface area (Å²) in [6.07, 6.45) is 1.52. The number of hydrogen-bond acceptors (Lipinski definition) is 5. The molecule has 0 bridgehead atoms. The molecular weight excluding hydrogens is 567 g/mol. The lowest BCUT2D eigenvalue weighted by Crippen LogP contribution is -2.27. The number of nitrogens with zero attached hydrogens (tertiary/aromatic N) is 2. The summed E-state index contributed by atoms with van der Waals surface area (Å²) in [6, 6.07) is 22.6. The van der Waals surface area contributed by atoms with Crippen LogP contribution in [0.1, 0.15) is 32.3 Å². The van der Waals surface area contributed by atoms with Crippen molar-refractivity contribution in [3.05, 3.63) is 128 Å². The van der Waals surface area contributed by atoms with Crippen molar-refractivity contribution >= 4 is 56.0 Å². The molecule has 2 heterocycles. The highest BCUT2D eigenvalue weighted by Crippen LogP contribution is 2.35. The minimum Gasteiger partial charge on any atom is -0.468 e. The van der Waals surface area contributed by atoms with E-state index in [1.165, 1.54) is 23.0 Å². The molecule has 0 N–H and O–H groups in total. The number of hydrogen-bond donors (Lipinski definition) is 0. The van der Waals surface area contributed by atoms with Crippen LogP contribution in [0.25, 0.3) is 16.6 Å². The zero-order chi connectivity index (χ0) is 25.2. The van der Waals surface area contributed by atoms with E-state index in [0.29, 0.717) is 16.7 Å². The van der Waals surface area contributed by atoms with Crippen LogP contribution in [0.2, 0.25) is 10.0 Å². The number of furan rings is 1. The number of para-hydroxylation sites is 1. The zero-order valence-corrected chi connectivity index (χ0v) is 21.6. The fraction of sp³-hybridized carbons (Fsp3) is 0.0741. The van der Waals surface area contributed by atoms with Gasteiger partial charge in [-0.2, -0.15) is 0 Å². The molecule has 1 unspecified atom stereocenters. The molecule has 0 spiro atoms. The molecule has 0 amide bonds. The van der Waals surface area contributed by atoms with E-state index >= 15 is 0 Å². The second-order valence-electron chi connectivity index (χ2n) is 7.85. The van der Waals surface area contributed by atoms with Gasteiger partial charge in [-0.1, -0.05) is 81.6 Å². The van der Waals surface area contributed by atoms with Gasteiger partial charge < -0.3 is 9.15 Å². The molecule has 0 aliphatic carbocycles. The summed E-state index contributed by atoms with van der Waals surface area (Å²) in [5.74, 6) is 0.104. The lowest BCUT2D eigenvalue weighted by molar-refractivity contribution is 0.0472. The van der Waals surface area contributed by atoms with Gasteiger partial charge in [-0.05, 0) is 42.0 Å². The van der Waals surface area contributed by atoms with Crippen molar-refractivity contribution in [1.82, 2.24) is 9.55 Å². The summed E-state index contributed by atoms with van der Waals surface area (Å²) < 4.78 is 12.4. The Bertz CT molecular complexity index is 1620. The van der Waals surface area contributed by atoms with Crippen LogP contribution in [-0.2, 0) is 11.3 Å². The van der Waals surface area contributed by atoms with Crippen LogP contribution in [0.5, 0.6) is 0 Å². The molecular formula is C27H17BrCl2N2O4. The first-order valence-corrected chi connectivity index (χ1v) is 12.5. The highest BCUT2D eigenvalue weighted by molar-refractivity contribution is 9.09. The molecule has 0 aliphatic heterocycles. The lowest BCUT2D eigenvalue weighted by atomic mass is 10.1. The van der Waals surface area contributed by atoms with E-state index in [0.717, 1.165) is 5.56 Å². The Kier molecular flexibility index (Phi) is 6.96. The van der Waals surface area contributed by atoms with E-state index in [1.54, 1.807) is 36.4 Å². The van der Waals surface area contributed by atoms with Crippen LogP contribution in [0.15, 0.2) is 94.3 Å². The predicted molar refractivity (Wildman–Crippen MR) is 142 cm³/mol. The average Bonchev–Trinajstić information content (AvgIpc) is 3.43. The minimum atomic E-state index is -0.687. The summed E-state index contributed by atoms with van der Waals surface area (Å²) in [5.41, 5.74) is 1.04. The maximum atomic E-state index is 13.8. The van der Waals surface area contributed by atoms with Gasteiger partial charge in [0.2, 0.25) is 0 Å². The smallest absolute Gasteiger partial charge is 0.340 e. The molecule has 5 rings (SSSR count). The van der Waals surface area contributed by atoms with Crippen molar-refractivity contribution in [3.8, 4) is 5.69 Å². The third-order valence-corrected chi connectivity index (χ3v) is 6.87. The van der Waals surface area contributed by atoms with Crippen molar-refractivity contribution in [2.45, 2.75) is 11.4 Å². The molecule has 1 atom stereocenters. The molecule has 5 aromatic rings. The van der Waals surface area contributed by atoms with Gasteiger partial charge in [0.15, 0.2) is 0 Å². The molecule has 0 saturated heterocycles. The van der Waals surface area contributed by atoms with Crippen molar-refractivity contribution in [1.29, 1.82) is 0 Å². The molecule has 0 fully saturated rings. The molecule has 36 heavy (non-hydrogen) atoms. The van der Waals surface area contributed by atoms with Gasteiger partial charge in [-0.3, -0.25) is 9.36 Å². The minimum absolute atomic E-state index is 0.0306. The maximum Gasteiger partial charge on any atom is 0.340 e. The van der Waals surface area contributed by atoms with E-state index < -0.39 is 16.4 Å². The van der Waals surface area contributed by atoms with E-state index in [1.807, 2.05) is 30.3 Å². The topological polar surface area (TPSA) is 74.3 Å². The Morgan fingerprint density at radius 3 is 2.53 bits per heavy atom. The number of aromatic nitrogens is 2. The number of carbonyl (C=O) groups is 1. The van der Waals surface area contributed by atoms with E-state index in [2.05, 4.69) is 15.9 Å². The third-order valence-electron chi connectivity index (χ3n) is 5.51. The predicted octanol–water partition coefficient (Wildman–Crippen LogP) is 7.13.